The van der Waals surface area contributed by atoms with Gasteiger partial charge in [-0.05, 0) is 51.0 Å². The first-order valence-corrected chi connectivity index (χ1v) is 6.84. The molecule has 0 fully saturated rings. The number of nitrogen functional groups attached to an aromatic ring is 1. The average molecular weight is 276 g/mol. The van der Waals surface area contributed by atoms with Gasteiger partial charge in [0.05, 0.1) is 12.3 Å². The van der Waals surface area contributed by atoms with Crippen LogP contribution in [-0.2, 0) is 4.79 Å². The molecule has 4 heteroatoms. The van der Waals surface area contributed by atoms with E-state index in [9.17, 15) is 4.79 Å². The van der Waals surface area contributed by atoms with Crippen LogP contribution in [-0.4, -0.2) is 18.1 Å². The van der Waals surface area contributed by atoms with E-state index in [-0.39, 0.29) is 11.4 Å². The molecule has 0 atom stereocenters. The maximum absolute atomic E-state index is 11.7. The molecule has 0 radical (unpaired) electrons. The van der Waals surface area contributed by atoms with Crippen molar-refractivity contribution in [1.82, 2.24) is 5.32 Å². The molecule has 20 heavy (non-hydrogen) atoms. The van der Waals surface area contributed by atoms with Crippen LogP contribution in [0.1, 0.15) is 39.7 Å². The summed E-state index contributed by atoms with van der Waals surface area (Å²) < 4.78 is 5.50. The van der Waals surface area contributed by atoms with Crippen LogP contribution in [0.5, 0.6) is 5.75 Å². The first-order valence-electron chi connectivity index (χ1n) is 6.84. The number of rotatable bonds is 5. The molecule has 0 bridgehead atoms. The number of ether oxygens (including phenoxy) is 1. The fourth-order valence-corrected chi connectivity index (χ4v) is 1.60. The van der Waals surface area contributed by atoms with Crippen molar-refractivity contribution in [3.63, 3.8) is 0 Å². The number of hydrogen-bond acceptors (Lipinski definition) is 3. The Kier molecular flexibility index (Phi) is 5.62. The Morgan fingerprint density at radius 1 is 1.40 bits per heavy atom. The molecule has 110 valence electrons. The zero-order valence-electron chi connectivity index (χ0n) is 12.7. The van der Waals surface area contributed by atoms with Gasteiger partial charge in [-0.25, -0.2) is 0 Å². The Morgan fingerprint density at radius 3 is 2.65 bits per heavy atom. The Labute approximate surface area is 121 Å². The number of carbonyl (C=O) groups is 1. The molecule has 0 aliphatic carbocycles. The highest BCUT2D eigenvalue weighted by atomic mass is 16.5. The van der Waals surface area contributed by atoms with E-state index < -0.39 is 0 Å². The third-order valence-corrected chi connectivity index (χ3v) is 2.42. The normalized spacial score (nSPS) is 11.6. The SMILES string of the molecule is CCCOc1ccc(/C=C\C(=O)NC(C)(C)C)cc1N. The van der Waals surface area contributed by atoms with Gasteiger partial charge in [-0.15, -0.1) is 0 Å². The number of nitrogens with two attached hydrogens (primary N) is 1. The molecule has 0 saturated heterocycles. The van der Waals surface area contributed by atoms with Gasteiger partial charge in [0.15, 0.2) is 0 Å². The van der Waals surface area contributed by atoms with Gasteiger partial charge >= 0.3 is 0 Å². The lowest BCUT2D eigenvalue weighted by Gasteiger charge is -2.18. The fraction of sp³-hybridized carbons (Fsp3) is 0.438. The molecule has 0 saturated carbocycles. The summed E-state index contributed by atoms with van der Waals surface area (Å²) in [5.74, 6) is 0.561. The predicted molar refractivity (Wildman–Crippen MR) is 83.6 cm³/mol. The summed E-state index contributed by atoms with van der Waals surface area (Å²) in [6.45, 7) is 8.51. The summed E-state index contributed by atoms with van der Waals surface area (Å²) in [4.78, 5) is 11.7. The molecular formula is C16H24N2O2. The number of amides is 1. The average Bonchev–Trinajstić information content (AvgIpc) is 2.33. The first kappa shape index (κ1) is 16.1. The second-order valence-electron chi connectivity index (χ2n) is 5.72. The van der Waals surface area contributed by atoms with Crippen molar-refractivity contribution in [3.05, 3.63) is 29.8 Å². The van der Waals surface area contributed by atoms with E-state index in [0.29, 0.717) is 18.0 Å². The Bertz CT molecular complexity index is 488. The number of nitrogens with one attached hydrogen (secondary N) is 1. The minimum absolute atomic E-state index is 0.123. The minimum atomic E-state index is -0.238. The molecule has 4 nitrogen and oxygen atoms in total. The summed E-state index contributed by atoms with van der Waals surface area (Å²) in [7, 11) is 0. The number of hydrogen-bond donors (Lipinski definition) is 2. The molecule has 0 unspecified atom stereocenters. The molecule has 3 N–H and O–H groups in total. The highest BCUT2D eigenvalue weighted by molar-refractivity contribution is 5.92. The van der Waals surface area contributed by atoms with Crippen LogP contribution in [0.15, 0.2) is 24.3 Å². The maximum atomic E-state index is 11.7. The molecule has 0 spiro atoms. The quantitative estimate of drug-likeness (QED) is 0.642. The van der Waals surface area contributed by atoms with E-state index in [1.807, 2.05) is 39.8 Å². The van der Waals surface area contributed by atoms with Gasteiger partial charge in [0.2, 0.25) is 5.91 Å². The van der Waals surface area contributed by atoms with Crippen molar-refractivity contribution >= 4 is 17.7 Å². The van der Waals surface area contributed by atoms with E-state index in [0.717, 1.165) is 12.0 Å². The van der Waals surface area contributed by atoms with Crippen LogP contribution in [0.2, 0.25) is 0 Å². The van der Waals surface area contributed by atoms with E-state index in [2.05, 4.69) is 5.32 Å². The van der Waals surface area contributed by atoms with Crippen molar-refractivity contribution in [2.45, 2.75) is 39.7 Å². The maximum Gasteiger partial charge on any atom is 0.244 e. The molecule has 0 aliphatic rings. The Morgan fingerprint density at radius 2 is 2.10 bits per heavy atom. The molecule has 0 heterocycles. The van der Waals surface area contributed by atoms with Crippen LogP contribution < -0.4 is 15.8 Å². The van der Waals surface area contributed by atoms with Gasteiger partial charge in [0.25, 0.3) is 0 Å². The first-order chi connectivity index (χ1) is 9.31. The van der Waals surface area contributed by atoms with Crippen LogP contribution in [0, 0.1) is 0 Å². The Balaban J connectivity index is 2.69. The highest BCUT2D eigenvalue weighted by Gasteiger charge is 2.11. The van der Waals surface area contributed by atoms with E-state index in [1.165, 1.54) is 6.08 Å². The van der Waals surface area contributed by atoms with Gasteiger partial charge in [-0.1, -0.05) is 13.0 Å². The van der Waals surface area contributed by atoms with Gasteiger partial charge in [0.1, 0.15) is 5.75 Å². The topological polar surface area (TPSA) is 64.3 Å². The molecule has 1 aromatic carbocycles. The standard InChI is InChI=1S/C16H24N2O2/c1-5-10-20-14-8-6-12(11-13(14)17)7-9-15(19)18-16(2,3)4/h6-9,11H,5,10,17H2,1-4H3,(H,18,19)/b9-7-. The van der Waals surface area contributed by atoms with Crippen LogP contribution in [0.3, 0.4) is 0 Å². The van der Waals surface area contributed by atoms with E-state index >= 15 is 0 Å². The number of carbonyl (C=O) groups excluding carboxylic acids is 1. The molecule has 1 rings (SSSR count). The molecule has 1 amide bonds. The largest absolute Gasteiger partial charge is 0.491 e. The van der Waals surface area contributed by atoms with Gasteiger partial charge in [-0.3, -0.25) is 4.79 Å². The summed E-state index contributed by atoms with van der Waals surface area (Å²) in [5, 5.41) is 2.86. The zero-order chi connectivity index (χ0) is 15.2. The number of anilines is 1. The fourth-order valence-electron chi connectivity index (χ4n) is 1.60. The predicted octanol–water partition coefficient (Wildman–Crippen LogP) is 2.99. The van der Waals surface area contributed by atoms with Gasteiger partial charge < -0.3 is 15.8 Å². The summed E-state index contributed by atoms with van der Waals surface area (Å²) in [6, 6.07) is 5.50. The third-order valence-electron chi connectivity index (χ3n) is 2.42. The van der Waals surface area contributed by atoms with Crippen molar-refractivity contribution in [2.24, 2.45) is 0 Å². The Hall–Kier alpha value is -1.97. The number of benzene rings is 1. The van der Waals surface area contributed by atoms with Crippen molar-refractivity contribution in [3.8, 4) is 5.75 Å². The van der Waals surface area contributed by atoms with Crippen molar-refractivity contribution < 1.29 is 9.53 Å². The lowest BCUT2D eigenvalue weighted by molar-refractivity contribution is -0.117. The molecule has 0 aromatic heterocycles. The highest BCUT2D eigenvalue weighted by Crippen LogP contribution is 2.23. The molecule has 0 aliphatic heterocycles. The molecule has 1 aromatic rings. The zero-order valence-corrected chi connectivity index (χ0v) is 12.7. The van der Waals surface area contributed by atoms with Crippen LogP contribution in [0.4, 0.5) is 5.69 Å². The van der Waals surface area contributed by atoms with Gasteiger partial charge in [0, 0.05) is 11.6 Å². The molecular weight excluding hydrogens is 252 g/mol. The van der Waals surface area contributed by atoms with Crippen molar-refractivity contribution in [1.29, 1.82) is 0 Å². The van der Waals surface area contributed by atoms with Gasteiger partial charge in [-0.2, -0.15) is 0 Å². The second-order valence-corrected chi connectivity index (χ2v) is 5.72. The third kappa shape index (κ3) is 5.78. The lowest BCUT2D eigenvalue weighted by Crippen LogP contribution is -2.39. The lowest BCUT2D eigenvalue weighted by atomic mass is 10.1. The van der Waals surface area contributed by atoms with Crippen molar-refractivity contribution in [2.75, 3.05) is 12.3 Å². The summed E-state index contributed by atoms with van der Waals surface area (Å²) in [6.07, 6.45) is 4.18. The summed E-state index contributed by atoms with van der Waals surface area (Å²) in [5.41, 5.74) is 7.12. The van der Waals surface area contributed by atoms with Crippen LogP contribution >= 0.6 is 0 Å². The van der Waals surface area contributed by atoms with E-state index in [1.54, 1.807) is 12.1 Å². The monoisotopic (exact) mass is 276 g/mol. The second kappa shape index (κ2) is 6.98. The smallest absolute Gasteiger partial charge is 0.244 e. The van der Waals surface area contributed by atoms with Crippen LogP contribution in [0.25, 0.3) is 6.08 Å². The van der Waals surface area contributed by atoms with E-state index in [4.69, 9.17) is 10.5 Å². The summed E-state index contributed by atoms with van der Waals surface area (Å²) >= 11 is 0. The minimum Gasteiger partial charge on any atom is -0.491 e.